The van der Waals surface area contributed by atoms with Crippen molar-refractivity contribution in [3.63, 3.8) is 0 Å². The number of hydrogen-bond donors (Lipinski definition) is 1. The molecule has 2 aromatic carbocycles. The van der Waals surface area contributed by atoms with Gasteiger partial charge in [-0.2, -0.15) is 0 Å². The Morgan fingerprint density at radius 1 is 1.00 bits per heavy atom. The van der Waals surface area contributed by atoms with Gasteiger partial charge in [0.1, 0.15) is 5.54 Å². The number of carbonyl (C=O) groups is 1. The van der Waals surface area contributed by atoms with Crippen molar-refractivity contribution in [2.45, 2.75) is 44.7 Å². The highest BCUT2D eigenvalue weighted by molar-refractivity contribution is 5.87. The van der Waals surface area contributed by atoms with Crippen molar-refractivity contribution in [3.05, 3.63) is 59.7 Å². The van der Waals surface area contributed by atoms with Gasteiger partial charge in [0.05, 0.1) is 6.61 Å². The smallest absolute Gasteiger partial charge is 0.243 e. The predicted octanol–water partition coefficient (Wildman–Crippen LogP) is 3.61. The molecule has 4 nitrogen and oxygen atoms in total. The second kappa shape index (κ2) is 8.06. The van der Waals surface area contributed by atoms with Crippen LogP contribution in [0, 0.1) is 6.92 Å². The summed E-state index contributed by atoms with van der Waals surface area (Å²) in [6.45, 7) is 5.18. The Morgan fingerprint density at radius 3 is 2.46 bits per heavy atom. The van der Waals surface area contributed by atoms with E-state index in [2.05, 4.69) is 60.4 Å². The molecule has 0 saturated carbocycles. The standard InChI is InChI=1S/C24H30N2O2/c1-19-5-2-6-22(17-19)21-9-7-20(8-10-21)18-26-14-4-12-24(26)11-3-13-25(15-16-27)23(24)28/h2,5-10,17,27H,3-4,11-16,18H2,1H3. The summed E-state index contributed by atoms with van der Waals surface area (Å²) >= 11 is 0. The molecule has 2 fully saturated rings. The van der Waals surface area contributed by atoms with Gasteiger partial charge in [0.25, 0.3) is 0 Å². The van der Waals surface area contributed by atoms with Crippen molar-refractivity contribution in [3.8, 4) is 11.1 Å². The molecule has 1 atom stereocenters. The molecule has 2 aliphatic heterocycles. The fraction of sp³-hybridized carbons (Fsp3) is 0.458. The third kappa shape index (κ3) is 3.59. The molecular formula is C24H30N2O2. The number of piperidine rings is 1. The zero-order chi connectivity index (χ0) is 19.6. The Morgan fingerprint density at radius 2 is 1.75 bits per heavy atom. The first-order valence-corrected chi connectivity index (χ1v) is 10.4. The number of hydrogen-bond acceptors (Lipinski definition) is 3. The minimum absolute atomic E-state index is 0.0439. The number of likely N-dealkylation sites (tertiary alicyclic amines) is 2. The number of rotatable bonds is 5. The van der Waals surface area contributed by atoms with Gasteiger partial charge in [-0.25, -0.2) is 0 Å². The zero-order valence-electron chi connectivity index (χ0n) is 16.7. The molecule has 0 aromatic heterocycles. The molecule has 4 heteroatoms. The second-order valence-corrected chi connectivity index (χ2v) is 8.24. The minimum atomic E-state index is -0.358. The van der Waals surface area contributed by atoms with Crippen LogP contribution >= 0.6 is 0 Å². The lowest BCUT2D eigenvalue weighted by Crippen LogP contribution is -2.60. The first-order chi connectivity index (χ1) is 13.6. The van der Waals surface area contributed by atoms with Crippen LogP contribution in [0.25, 0.3) is 11.1 Å². The topological polar surface area (TPSA) is 43.8 Å². The maximum atomic E-state index is 13.2. The number of aliphatic hydroxyl groups excluding tert-OH is 1. The first kappa shape index (κ1) is 19.2. The molecule has 0 aliphatic carbocycles. The Balaban J connectivity index is 1.51. The van der Waals surface area contributed by atoms with Crippen LogP contribution in [-0.4, -0.2) is 52.6 Å². The summed E-state index contributed by atoms with van der Waals surface area (Å²) in [5.41, 5.74) is 4.63. The van der Waals surface area contributed by atoms with E-state index in [4.69, 9.17) is 0 Å². The van der Waals surface area contributed by atoms with Gasteiger partial charge in [-0.05, 0) is 55.8 Å². The number of nitrogens with zero attached hydrogens (tertiary/aromatic N) is 2. The van der Waals surface area contributed by atoms with Crippen LogP contribution in [0.4, 0.5) is 0 Å². The quantitative estimate of drug-likeness (QED) is 0.864. The lowest BCUT2D eigenvalue weighted by molar-refractivity contribution is -0.148. The number of carbonyl (C=O) groups excluding carboxylic acids is 1. The number of amides is 1. The first-order valence-electron chi connectivity index (χ1n) is 10.4. The number of benzene rings is 2. The summed E-state index contributed by atoms with van der Waals surface area (Å²) < 4.78 is 0. The molecule has 28 heavy (non-hydrogen) atoms. The van der Waals surface area contributed by atoms with Crippen molar-refractivity contribution in [2.24, 2.45) is 0 Å². The highest BCUT2D eigenvalue weighted by Crippen LogP contribution is 2.39. The second-order valence-electron chi connectivity index (χ2n) is 8.24. The van der Waals surface area contributed by atoms with E-state index in [9.17, 15) is 9.90 Å². The van der Waals surface area contributed by atoms with Crippen LogP contribution in [0.3, 0.4) is 0 Å². The van der Waals surface area contributed by atoms with Crippen molar-refractivity contribution in [1.82, 2.24) is 9.80 Å². The van der Waals surface area contributed by atoms with E-state index in [0.29, 0.717) is 6.54 Å². The van der Waals surface area contributed by atoms with Crippen molar-refractivity contribution in [2.75, 3.05) is 26.2 Å². The maximum Gasteiger partial charge on any atom is 0.243 e. The molecule has 1 amide bonds. The molecule has 148 valence electrons. The number of aryl methyl sites for hydroxylation is 1. The van der Waals surface area contributed by atoms with E-state index in [-0.39, 0.29) is 18.1 Å². The molecule has 1 unspecified atom stereocenters. The largest absolute Gasteiger partial charge is 0.395 e. The summed E-state index contributed by atoms with van der Waals surface area (Å²) in [7, 11) is 0. The lowest BCUT2D eigenvalue weighted by atomic mass is 9.85. The van der Waals surface area contributed by atoms with Crippen LogP contribution in [-0.2, 0) is 11.3 Å². The molecule has 0 bridgehead atoms. The van der Waals surface area contributed by atoms with Gasteiger partial charge in [-0.15, -0.1) is 0 Å². The number of aliphatic hydroxyl groups is 1. The van der Waals surface area contributed by atoms with Crippen LogP contribution in [0.2, 0.25) is 0 Å². The van der Waals surface area contributed by atoms with E-state index in [1.807, 2.05) is 4.90 Å². The van der Waals surface area contributed by atoms with Crippen LogP contribution < -0.4 is 0 Å². The third-order valence-electron chi connectivity index (χ3n) is 6.38. The molecular weight excluding hydrogens is 348 g/mol. The third-order valence-corrected chi connectivity index (χ3v) is 6.38. The average Bonchev–Trinajstić information content (AvgIpc) is 3.09. The van der Waals surface area contributed by atoms with Crippen molar-refractivity contribution >= 4 is 5.91 Å². The maximum absolute atomic E-state index is 13.2. The van der Waals surface area contributed by atoms with Crippen LogP contribution in [0.1, 0.15) is 36.8 Å². The van der Waals surface area contributed by atoms with Crippen LogP contribution in [0.5, 0.6) is 0 Å². The van der Waals surface area contributed by atoms with Crippen molar-refractivity contribution < 1.29 is 9.90 Å². The molecule has 4 rings (SSSR count). The Labute approximate surface area is 167 Å². The predicted molar refractivity (Wildman–Crippen MR) is 112 cm³/mol. The van der Waals surface area contributed by atoms with E-state index >= 15 is 0 Å². The molecule has 0 radical (unpaired) electrons. The van der Waals surface area contributed by atoms with Gasteiger partial charge in [0.15, 0.2) is 0 Å². The monoisotopic (exact) mass is 378 g/mol. The fourth-order valence-corrected chi connectivity index (χ4v) is 4.94. The summed E-state index contributed by atoms with van der Waals surface area (Å²) in [6, 6.07) is 17.3. The molecule has 2 aromatic rings. The van der Waals surface area contributed by atoms with Gasteiger partial charge in [-0.3, -0.25) is 9.69 Å². The highest BCUT2D eigenvalue weighted by Gasteiger charge is 2.50. The van der Waals surface area contributed by atoms with Gasteiger partial charge in [0.2, 0.25) is 5.91 Å². The summed E-state index contributed by atoms with van der Waals surface area (Å²) in [4.78, 5) is 17.4. The molecule has 2 saturated heterocycles. The summed E-state index contributed by atoms with van der Waals surface area (Å²) in [5, 5.41) is 9.30. The lowest BCUT2D eigenvalue weighted by Gasteiger charge is -2.44. The minimum Gasteiger partial charge on any atom is -0.395 e. The van der Waals surface area contributed by atoms with E-state index in [1.54, 1.807) is 0 Å². The van der Waals surface area contributed by atoms with Crippen molar-refractivity contribution in [1.29, 1.82) is 0 Å². The highest BCUT2D eigenvalue weighted by atomic mass is 16.3. The van der Waals surface area contributed by atoms with Gasteiger partial charge >= 0.3 is 0 Å². The molecule has 1 N–H and O–H groups in total. The molecule has 2 aliphatic rings. The summed E-state index contributed by atoms with van der Waals surface area (Å²) in [5.74, 6) is 0.224. The van der Waals surface area contributed by atoms with Gasteiger partial charge < -0.3 is 10.0 Å². The van der Waals surface area contributed by atoms with Gasteiger partial charge in [0, 0.05) is 19.6 Å². The van der Waals surface area contributed by atoms with Gasteiger partial charge in [-0.1, -0.05) is 54.1 Å². The van der Waals surface area contributed by atoms with Crippen LogP contribution in [0.15, 0.2) is 48.5 Å². The SMILES string of the molecule is Cc1cccc(-c2ccc(CN3CCCC34CCCN(CCO)C4=O)cc2)c1. The normalized spacial score (nSPS) is 22.9. The fourth-order valence-electron chi connectivity index (χ4n) is 4.94. The van der Waals surface area contributed by atoms with E-state index in [0.717, 1.165) is 45.3 Å². The molecule has 2 heterocycles. The Bertz CT molecular complexity index is 831. The average molecular weight is 379 g/mol. The number of β-amino-alcohol motifs (C(OH)–C–C–N with tert-alkyl or cyclic N) is 1. The van der Waals surface area contributed by atoms with E-state index < -0.39 is 0 Å². The van der Waals surface area contributed by atoms with E-state index in [1.165, 1.54) is 22.3 Å². The summed E-state index contributed by atoms with van der Waals surface area (Å²) in [6.07, 6.45) is 3.97. The Kier molecular flexibility index (Phi) is 5.51. The molecule has 1 spiro atoms. The zero-order valence-corrected chi connectivity index (χ0v) is 16.7. The Hall–Kier alpha value is -2.17.